The van der Waals surface area contributed by atoms with Crippen molar-refractivity contribution >= 4 is 22.3 Å². The lowest BCUT2D eigenvalue weighted by Crippen LogP contribution is -2.26. The van der Waals surface area contributed by atoms with Gasteiger partial charge in [-0.3, -0.25) is 0 Å². The van der Waals surface area contributed by atoms with Gasteiger partial charge in [-0.05, 0) is 61.7 Å². The van der Waals surface area contributed by atoms with Crippen molar-refractivity contribution in [2.75, 3.05) is 25.2 Å². The van der Waals surface area contributed by atoms with Gasteiger partial charge >= 0.3 is 0 Å². The molecule has 2 aliphatic rings. The van der Waals surface area contributed by atoms with Crippen molar-refractivity contribution in [2.45, 2.75) is 18.8 Å². The molecule has 0 atom stereocenters. The van der Waals surface area contributed by atoms with E-state index in [0.29, 0.717) is 12.7 Å². The fourth-order valence-electron chi connectivity index (χ4n) is 4.09. The van der Waals surface area contributed by atoms with Crippen LogP contribution in [0.2, 0.25) is 0 Å². The Labute approximate surface area is 152 Å². The number of anilines is 2. The Morgan fingerprint density at radius 2 is 1.77 bits per heavy atom. The van der Waals surface area contributed by atoms with Crippen molar-refractivity contribution in [3.05, 3.63) is 48.2 Å². The van der Waals surface area contributed by atoms with Gasteiger partial charge in [0.05, 0.1) is 5.52 Å². The maximum Gasteiger partial charge on any atom is 0.231 e. The van der Waals surface area contributed by atoms with Crippen molar-refractivity contribution < 1.29 is 9.47 Å². The van der Waals surface area contributed by atoms with E-state index in [0.717, 1.165) is 36.0 Å². The van der Waals surface area contributed by atoms with E-state index in [-0.39, 0.29) is 0 Å². The zero-order chi connectivity index (χ0) is 17.5. The number of aromatic nitrogens is 1. The molecule has 0 amide bonds. The molecule has 0 aliphatic carbocycles. The Morgan fingerprint density at radius 1 is 1.00 bits per heavy atom. The van der Waals surface area contributed by atoms with Crippen LogP contribution in [0.15, 0.2) is 42.6 Å². The van der Waals surface area contributed by atoms with Gasteiger partial charge in [-0.1, -0.05) is 6.07 Å². The van der Waals surface area contributed by atoms with Crippen LogP contribution in [-0.4, -0.2) is 24.4 Å². The normalized spacial score (nSPS) is 17.0. The monoisotopic (exact) mass is 349 g/mol. The molecule has 5 heteroatoms. The molecule has 0 saturated carbocycles. The van der Waals surface area contributed by atoms with E-state index < -0.39 is 0 Å². The maximum absolute atomic E-state index is 5.47. The Bertz CT molecular complexity index is 957. The third kappa shape index (κ3) is 2.69. The van der Waals surface area contributed by atoms with E-state index in [9.17, 15) is 0 Å². The molecule has 0 unspecified atom stereocenters. The van der Waals surface area contributed by atoms with E-state index in [1.54, 1.807) is 0 Å². The molecule has 3 aromatic rings. The average molecular weight is 349 g/mol. The Balaban J connectivity index is 1.45. The molecule has 2 aromatic carbocycles. The number of ether oxygens (including phenoxy) is 2. The summed E-state index contributed by atoms with van der Waals surface area (Å²) in [4.78, 5) is 0. The summed E-state index contributed by atoms with van der Waals surface area (Å²) in [6, 6.07) is 12.6. The first-order valence-electron chi connectivity index (χ1n) is 9.24. The lowest BCUT2D eigenvalue weighted by atomic mass is 9.90. The quantitative estimate of drug-likeness (QED) is 0.747. The van der Waals surface area contributed by atoms with Crippen LogP contribution in [0.25, 0.3) is 10.9 Å². The molecule has 0 bridgehead atoms. The number of piperidine rings is 1. The second-order valence-electron chi connectivity index (χ2n) is 7.14. The van der Waals surface area contributed by atoms with Crippen molar-refractivity contribution in [2.24, 2.45) is 7.05 Å². The molecule has 3 heterocycles. The molecule has 5 nitrogen and oxygen atoms in total. The Hall–Kier alpha value is -2.66. The first-order chi connectivity index (χ1) is 12.8. The summed E-state index contributed by atoms with van der Waals surface area (Å²) < 4.78 is 13.1. The molecule has 2 aliphatic heterocycles. The first kappa shape index (κ1) is 15.6. The van der Waals surface area contributed by atoms with E-state index in [1.807, 2.05) is 18.2 Å². The minimum atomic E-state index is 0.299. The number of rotatable bonds is 3. The fraction of sp³-hybridized carbons (Fsp3) is 0.333. The standard InChI is InChI=1S/C21H23N3O2/c1-24-12-18(14-6-8-22-9-7-14)17-4-2-15(10-19(17)24)23-16-3-5-20-21(11-16)26-13-25-20/h2-5,10-12,14,22-23H,6-9,13H2,1H3. The molecule has 1 saturated heterocycles. The zero-order valence-corrected chi connectivity index (χ0v) is 14.9. The molecule has 1 aromatic heterocycles. The van der Waals surface area contributed by atoms with Crippen LogP contribution in [0.4, 0.5) is 11.4 Å². The van der Waals surface area contributed by atoms with Gasteiger partial charge < -0.3 is 24.7 Å². The van der Waals surface area contributed by atoms with Crippen molar-refractivity contribution in [1.29, 1.82) is 0 Å². The van der Waals surface area contributed by atoms with Crippen LogP contribution in [0, 0.1) is 0 Å². The fourth-order valence-corrected chi connectivity index (χ4v) is 4.09. The highest BCUT2D eigenvalue weighted by Gasteiger charge is 2.20. The Kier molecular flexibility index (Phi) is 3.75. The molecule has 26 heavy (non-hydrogen) atoms. The third-order valence-electron chi connectivity index (χ3n) is 5.46. The van der Waals surface area contributed by atoms with Crippen LogP contribution < -0.4 is 20.1 Å². The van der Waals surface area contributed by atoms with Crippen molar-refractivity contribution in [1.82, 2.24) is 9.88 Å². The number of nitrogens with one attached hydrogen (secondary N) is 2. The lowest BCUT2D eigenvalue weighted by Gasteiger charge is -2.22. The second kappa shape index (κ2) is 6.25. The molecule has 5 rings (SSSR count). The second-order valence-corrected chi connectivity index (χ2v) is 7.14. The zero-order valence-electron chi connectivity index (χ0n) is 14.9. The van der Waals surface area contributed by atoms with Gasteiger partial charge in [0.1, 0.15) is 0 Å². The molecular weight excluding hydrogens is 326 g/mol. The topological polar surface area (TPSA) is 47.5 Å². The largest absolute Gasteiger partial charge is 0.454 e. The highest BCUT2D eigenvalue weighted by atomic mass is 16.7. The molecule has 1 fully saturated rings. The minimum Gasteiger partial charge on any atom is -0.454 e. The lowest BCUT2D eigenvalue weighted by molar-refractivity contribution is 0.174. The van der Waals surface area contributed by atoms with Gasteiger partial charge in [0.2, 0.25) is 6.79 Å². The predicted molar refractivity (Wildman–Crippen MR) is 104 cm³/mol. The molecule has 134 valence electrons. The van der Waals surface area contributed by atoms with Gasteiger partial charge in [0.15, 0.2) is 11.5 Å². The van der Waals surface area contributed by atoms with Crippen LogP contribution in [0.5, 0.6) is 11.5 Å². The molecule has 0 radical (unpaired) electrons. The van der Waals surface area contributed by atoms with Gasteiger partial charge in [-0.2, -0.15) is 0 Å². The smallest absolute Gasteiger partial charge is 0.231 e. The highest BCUT2D eigenvalue weighted by Crippen LogP contribution is 2.37. The molecular formula is C21H23N3O2. The van der Waals surface area contributed by atoms with E-state index in [1.165, 1.54) is 29.3 Å². The third-order valence-corrected chi connectivity index (χ3v) is 5.46. The molecule has 2 N–H and O–H groups in total. The van der Waals surface area contributed by atoms with E-state index in [2.05, 4.69) is 46.6 Å². The van der Waals surface area contributed by atoms with Crippen LogP contribution >= 0.6 is 0 Å². The SMILES string of the molecule is Cn1cc(C2CCNCC2)c2ccc(Nc3ccc4c(c3)OCO4)cc21. The number of nitrogens with zero attached hydrogens (tertiary/aromatic N) is 1. The highest BCUT2D eigenvalue weighted by molar-refractivity contribution is 5.88. The average Bonchev–Trinajstić information content (AvgIpc) is 3.27. The number of aryl methyl sites for hydroxylation is 1. The van der Waals surface area contributed by atoms with Gasteiger partial charge in [-0.15, -0.1) is 0 Å². The number of hydrogen-bond donors (Lipinski definition) is 2. The van der Waals surface area contributed by atoms with Crippen LogP contribution in [-0.2, 0) is 7.05 Å². The number of fused-ring (bicyclic) bond motifs is 2. The van der Waals surface area contributed by atoms with Crippen molar-refractivity contribution in [3.63, 3.8) is 0 Å². The van der Waals surface area contributed by atoms with Crippen molar-refractivity contribution in [3.8, 4) is 11.5 Å². The summed E-state index contributed by atoms with van der Waals surface area (Å²) in [5.74, 6) is 2.26. The summed E-state index contributed by atoms with van der Waals surface area (Å²) in [6.07, 6.45) is 4.75. The van der Waals surface area contributed by atoms with Gasteiger partial charge in [0, 0.05) is 36.1 Å². The van der Waals surface area contributed by atoms with Gasteiger partial charge in [0.25, 0.3) is 0 Å². The van der Waals surface area contributed by atoms with Crippen LogP contribution in [0.1, 0.15) is 24.3 Å². The van der Waals surface area contributed by atoms with Crippen LogP contribution in [0.3, 0.4) is 0 Å². The summed E-state index contributed by atoms with van der Waals surface area (Å²) in [7, 11) is 2.14. The van der Waals surface area contributed by atoms with E-state index in [4.69, 9.17) is 9.47 Å². The first-order valence-corrected chi connectivity index (χ1v) is 9.24. The minimum absolute atomic E-state index is 0.299. The maximum atomic E-state index is 5.47. The predicted octanol–water partition coefficient (Wildman–Crippen LogP) is 4.12. The Morgan fingerprint density at radius 3 is 2.65 bits per heavy atom. The number of hydrogen-bond acceptors (Lipinski definition) is 4. The summed E-state index contributed by atoms with van der Waals surface area (Å²) in [6.45, 7) is 2.53. The van der Waals surface area contributed by atoms with Gasteiger partial charge in [-0.25, -0.2) is 0 Å². The summed E-state index contributed by atoms with van der Waals surface area (Å²) in [5, 5.41) is 8.31. The molecule has 0 spiro atoms. The van der Waals surface area contributed by atoms with E-state index >= 15 is 0 Å². The summed E-state index contributed by atoms with van der Waals surface area (Å²) >= 11 is 0. The summed E-state index contributed by atoms with van der Waals surface area (Å²) in [5.41, 5.74) is 4.83. The number of benzene rings is 2.